The fourth-order valence-electron chi connectivity index (χ4n) is 7.14. The van der Waals surface area contributed by atoms with Crippen molar-refractivity contribution in [1.29, 1.82) is 0 Å². The van der Waals surface area contributed by atoms with Gasteiger partial charge in [-0.15, -0.1) is 0 Å². The number of piperidine rings is 1. The number of aromatic nitrogens is 3. The molecule has 2 amide bonds. The zero-order chi connectivity index (χ0) is 34.7. The third-order valence-electron chi connectivity index (χ3n) is 9.82. The number of carbonyl (C=O) groups is 2. The summed E-state index contributed by atoms with van der Waals surface area (Å²) in [6, 6.07) is 8.28. The molecule has 1 unspecified atom stereocenters. The highest BCUT2D eigenvalue weighted by Crippen LogP contribution is 2.33. The molecule has 5 heterocycles. The lowest BCUT2D eigenvalue weighted by molar-refractivity contribution is -0.130. The molecule has 3 aliphatic rings. The average Bonchev–Trinajstić information content (AvgIpc) is 3.69. The molecule has 2 saturated heterocycles. The van der Waals surface area contributed by atoms with Crippen LogP contribution in [0.15, 0.2) is 36.5 Å². The first-order valence-electron chi connectivity index (χ1n) is 16.7. The first-order valence-corrected chi connectivity index (χ1v) is 18.6. The number of likely N-dealkylation sites (tertiary alicyclic amines) is 2. The number of sulfonamides is 1. The minimum atomic E-state index is -3.49. The second kappa shape index (κ2) is 15.0. The molecule has 6 rings (SSSR count). The van der Waals surface area contributed by atoms with Crippen LogP contribution in [0.5, 0.6) is 0 Å². The van der Waals surface area contributed by atoms with Crippen molar-refractivity contribution in [2.45, 2.75) is 77.2 Å². The number of alkyl halides is 2. The van der Waals surface area contributed by atoms with Crippen molar-refractivity contribution in [3.8, 4) is 11.3 Å². The Morgan fingerprint density at radius 1 is 1.04 bits per heavy atom. The Morgan fingerprint density at radius 2 is 1.84 bits per heavy atom. The lowest BCUT2D eigenvalue weighted by Gasteiger charge is -2.37. The molecule has 0 aliphatic carbocycles. The van der Waals surface area contributed by atoms with E-state index < -0.39 is 35.4 Å². The van der Waals surface area contributed by atoms with Crippen molar-refractivity contribution < 1.29 is 31.9 Å². The lowest BCUT2D eigenvalue weighted by Crippen LogP contribution is -2.47. The highest BCUT2D eigenvalue weighted by molar-refractivity contribution is 7.88. The summed E-state index contributed by atoms with van der Waals surface area (Å²) in [5, 5.41) is 18.9. The summed E-state index contributed by atoms with van der Waals surface area (Å²) in [6.45, 7) is 1.98. The first-order chi connectivity index (χ1) is 23.5. The quantitative estimate of drug-likeness (QED) is 0.294. The Hall–Kier alpha value is -3.79. The molecule has 2 aromatic heterocycles. The number of fused-ring (bicyclic) bond motifs is 1. The van der Waals surface area contributed by atoms with E-state index in [-0.39, 0.29) is 49.4 Å². The van der Waals surface area contributed by atoms with Gasteiger partial charge in [0.25, 0.3) is 5.91 Å². The van der Waals surface area contributed by atoms with Crippen LogP contribution >= 0.6 is 0 Å². The van der Waals surface area contributed by atoms with Crippen LogP contribution in [0.25, 0.3) is 11.3 Å². The van der Waals surface area contributed by atoms with Gasteiger partial charge in [-0.1, -0.05) is 12.1 Å². The monoisotopic (exact) mass is 699 g/mol. The molecule has 2 fully saturated rings. The standard InChI is InChI=1S/C34H43F2N7O5S/c1-49(47,48)41-14-10-31-30(22-41)33(39-43(31)21-29(44)20-40-12-8-28(9-13-40)42-11-2-3-32(42)45)23-4-5-24(16-35)26(15-23)19-38-34(46)25-6-7-27(17-36)37-18-25/h4-7,15,18,28-29,44H,2-3,8-14,16-17,19-22H2,1H3,(H,38,46). The van der Waals surface area contributed by atoms with Gasteiger partial charge >= 0.3 is 0 Å². The van der Waals surface area contributed by atoms with E-state index in [4.69, 9.17) is 5.10 Å². The molecule has 0 radical (unpaired) electrons. The van der Waals surface area contributed by atoms with Crippen molar-refractivity contribution in [3.63, 3.8) is 0 Å². The van der Waals surface area contributed by atoms with Crippen LogP contribution in [0.1, 0.15) is 64.1 Å². The second-order valence-electron chi connectivity index (χ2n) is 13.2. The molecule has 3 aromatic rings. The molecule has 0 bridgehead atoms. The molecule has 2 N–H and O–H groups in total. The number of hydrogen-bond donors (Lipinski definition) is 2. The fourth-order valence-corrected chi connectivity index (χ4v) is 7.93. The molecule has 49 heavy (non-hydrogen) atoms. The van der Waals surface area contributed by atoms with E-state index in [0.717, 1.165) is 50.2 Å². The SMILES string of the molecule is CS(=O)(=O)N1CCc2c(c(-c3ccc(CF)c(CNC(=O)c4ccc(CF)nc4)c3)nn2CC(O)CN2CCC(N3CCCC3=O)CC2)C1. The first kappa shape index (κ1) is 35.1. The number of aliphatic hydroxyl groups is 1. The molecule has 0 spiro atoms. The van der Waals surface area contributed by atoms with Gasteiger partial charge in [0.2, 0.25) is 15.9 Å². The topological polar surface area (TPSA) is 141 Å². The molecule has 1 aromatic carbocycles. The average molecular weight is 700 g/mol. The zero-order valence-electron chi connectivity index (χ0n) is 27.7. The lowest BCUT2D eigenvalue weighted by atomic mass is 9.98. The Labute approximate surface area is 285 Å². The number of hydrogen-bond acceptors (Lipinski definition) is 8. The Bertz CT molecular complexity index is 1780. The predicted octanol–water partition coefficient (Wildman–Crippen LogP) is 2.58. The number of carbonyl (C=O) groups excluding carboxylic acids is 2. The number of rotatable bonds is 12. The van der Waals surface area contributed by atoms with Crippen LogP contribution in [-0.4, -0.2) is 105 Å². The number of pyridine rings is 1. The van der Waals surface area contributed by atoms with Crippen LogP contribution in [0, 0.1) is 0 Å². The maximum atomic E-state index is 14.1. The van der Waals surface area contributed by atoms with Crippen LogP contribution in [0.2, 0.25) is 0 Å². The van der Waals surface area contributed by atoms with Gasteiger partial charge in [0, 0.05) is 87.7 Å². The van der Waals surface area contributed by atoms with Crippen LogP contribution in [0.3, 0.4) is 0 Å². The summed E-state index contributed by atoms with van der Waals surface area (Å²) >= 11 is 0. The summed E-state index contributed by atoms with van der Waals surface area (Å²) in [4.78, 5) is 33.1. The third kappa shape index (κ3) is 8.00. The van der Waals surface area contributed by atoms with Crippen LogP contribution in [0.4, 0.5) is 8.78 Å². The normalized spacial score (nSPS) is 18.5. The number of nitrogens with one attached hydrogen (secondary N) is 1. The van der Waals surface area contributed by atoms with E-state index in [0.29, 0.717) is 41.8 Å². The molecule has 3 aliphatic heterocycles. The molecule has 1 atom stereocenters. The van der Waals surface area contributed by atoms with E-state index in [9.17, 15) is 31.9 Å². The van der Waals surface area contributed by atoms with Crippen molar-refractivity contribution in [2.24, 2.45) is 0 Å². The van der Waals surface area contributed by atoms with E-state index in [1.807, 2.05) is 4.90 Å². The van der Waals surface area contributed by atoms with Gasteiger partial charge < -0.3 is 20.2 Å². The summed E-state index contributed by atoms with van der Waals surface area (Å²) in [5.74, 6) is -0.205. The smallest absolute Gasteiger partial charge is 0.253 e. The molecule has 15 heteroatoms. The Kier molecular flexibility index (Phi) is 10.7. The number of β-amino-alcohol motifs (C(OH)–C–C–N with tert-alkyl or cyclic N) is 1. The van der Waals surface area contributed by atoms with Crippen molar-refractivity contribution >= 4 is 21.8 Å². The third-order valence-corrected chi connectivity index (χ3v) is 11.1. The highest BCUT2D eigenvalue weighted by atomic mass is 32.2. The minimum absolute atomic E-state index is 0.0104. The second-order valence-corrected chi connectivity index (χ2v) is 15.1. The van der Waals surface area contributed by atoms with E-state index in [1.165, 1.54) is 28.9 Å². The summed E-state index contributed by atoms with van der Waals surface area (Å²) in [7, 11) is -3.49. The maximum absolute atomic E-state index is 14.1. The number of amides is 2. The highest BCUT2D eigenvalue weighted by Gasteiger charge is 2.33. The Balaban J connectivity index is 1.19. The van der Waals surface area contributed by atoms with Gasteiger partial charge in [0.15, 0.2) is 0 Å². The van der Waals surface area contributed by atoms with Gasteiger partial charge in [-0.2, -0.15) is 9.40 Å². The zero-order valence-corrected chi connectivity index (χ0v) is 28.5. The van der Waals surface area contributed by atoms with E-state index in [1.54, 1.807) is 22.9 Å². The van der Waals surface area contributed by atoms with Crippen molar-refractivity contribution in [3.05, 3.63) is 70.2 Å². The number of benzene rings is 1. The number of halogens is 2. The molecular weight excluding hydrogens is 656 g/mol. The summed E-state index contributed by atoms with van der Waals surface area (Å²) in [5.41, 5.74) is 4.10. The number of aliphatic hydroxyl groups excluding tert-OH is 1. The molecule has 12 nitrogen and oxygen atoms in total. The largest absolute Gasteiger partial charge is 0.390 e. The maximum Gasteiger partial charge on any atom is 0.253 e. The van der Waals surface area contributed by atoms with E-state index in [2.05, 4.69) is 15.2 Å². The van der Waals surface area contributed by atoms with Crippen LogP contribution < -0.4 is 5.32 Å². The van der Waals surface area contributed by atoms with Gasteiger partial charge in [-0.3, -0.25) is 19.3 Å². The summed E-state index contributed by atoms with van der Waals surface area (Å²) in [6.07, 6.45) is 5.45. The van der Waals surface area contributed by atoms with Crippen LogP contribution in [-0.2, 0) is 54.2 Å². The van der Waals surface area contributed by atoms with Gasteiger partial charge in [0.05, 0.1) is 35.9 Å². The van der Waals surface area contributed by atoms with Crippen molar-refractivity contribution in [1.82, 2.24) is 34.2 Å². The van der Waals surface area contributed by atoms with Gasteiger partial charge in [0.1, 0.15) is 13.3 Å². The van der Waals surface area contributed by atoms with Gasteiger partial charge in [-0.05, 0) is 48.6 Å². The summed E-state index contributed by atoms with van der Waals surface area (Å²) < 4.78 is 55.1. The predicted molar refractivity (Wildman–Crippen MR) is 178 cm³/mol. The molecular formula is C34H43F2N7O5S. The number of nitrogens with zero attached hydrogens (tertiary/aromatic N) is 6. The van der Waals surface area contributed by atoms with Gasteiger partial charge in [-0.25, -0.2) is 17.2 Å². The van der Waals surface area contributed by atoms with Crippen molar-refractivity contribution in [2.75, 3.05) is 39.0 Å². The Morgan fingerprint density at radius 3 is 2.49 bits per heavy atom. The fraction of sp³-hybridized carbons (Fsp3) is 0.529. The van der Waals surface area contributed by atoms with E-state index >= 15 is 0 Å². The minimum Gasteiger partial charge on any atom is -0.390 e. The molecule has 0 saturated carbocycles. The molecule has 264 valence electrons.